The van der Waals surface area contributed by atoms with E-state index in [2.05, 4.69) is 34.1 Å². The smallest absolute Gasteiger partial charge is 0.303 e. The maximum atomic E-state index is 10.5. The topological polar surface area (TPSA) is 56.3 Å². The molecule has 4 heteroatoms. The summed E-state index contributed by atoms with van der Waals surface area (Å²) in [6, 6.07) is 8.59. The van der Waals surface area contributed by atoms with Crippen molar-refractivity contribution in [2.45, 2.75) is 51.5 Å². The summed E-state index contributed by atoms with van der Waals surface area (Å²) in [5.74, 6) is -0.674. The van der Waals surface area contributed by atoms with E-state index in [1.165, 1.54) is 35.0 Å². The van der Waals surface area contributed by atoms with Gasteiger partial charge in [-0.05, 0) is 37.4 Å². The first-order valence-corrected chi connectivity index (χ1v) is 8.76. The van der Waals surface area contributed by atoms with Crippen LogP contribution in [-0.4, -0.2) is 34.0 Å². The van der Waals surface area contributed by atoms with E-state index in [0.29, 0.717) is 6.42 Å². The van der Waals surface area contributed by atoms with Crippen LogP contribution in [0.1, 0.15) is 49.8 Å². The third-order valence-electron chi connectivity index (χ3n) is 4.83. The van der Waals surface area contributed by atoms with Gasteiger partial charge in [-0.25, -0.2) is 0 Å². The summed E-state index contributed by atoms with van der Waals surface area (Å²) in [6.45, 7) is 3.32. The van der Waals surface area contributed by atoms with E-state index in [-0.39, 0.29) is 0 Å². The number of benzene rings is 1. The molecule has 0 amide bonds. The highest BCUT2D eigenvalue weighted by Crippen LogP contribution is 2.27. The molecule has 1 aromatic heterocycles. The number of rotatable bonds is 8. The van der Waals surface area contributed by atoms with E-state index in [1.807, 2.05) is 0 Å². The van der Waals surface area contributed by atoms with Gasteiger partial charge in [0.25, 0.3) is 0 Å². The maximum Gasteiger partial charge on any atom is 0.303 e. The van der Waals surface area contributed by atoms with Crippen LogP contribution in [0.5, 0.6) is 0 Å². The number of hydrogen-bond acceptors (Lipinski definition) is 2. The molecule has 1 aliphatic heterocycles. The molecule has 23 heavy (non-hydrogen) atoms. The van der Waals surface area contributed by atoms with Crippen LogP contribution in [0.3, 0.4) is 0 Å². The van der Waals surface area contributed by atoms with Gasteiger partial charge in [0.15, 0.2) is 0 Å². The van der Waals surface area contributed by atoms with E-state index < -0.39 is 5.97 Å². The Balaban J connectivity index is 1.41. The van der Waals surface area contributed by atoms with Crippen LogP contribution in [0.25, 0.3) is 10.9 Å². The minimum absolute atomic E-state index is 0.315. The van der Waals surface area contributed by atoms with Crippen LogP contribution < -0.4 is 0 Å². The van der Waals surface area contributed by atoms with Crippen LogP contribution in [0, 0.1) is 0 Å². The number of carbonyl (C=O) groups is 1. The predicted molar refractivity (Wildman–Crippen MR) is 92.6 cm³/mol. The lowest BCUT2D eigenvalue weighted by atomic mass is 10.0. The number of carboxylic acids is 1. The Bertz CT molecular complexity index is 662. The SMILES string of the molecule is O=C(O)CCCCCCCN1CCc2c([nH]c3ccccc23)C1. The molecule has 2 aromatic rings. The van der Waals surface area contributed by atoms with Crippen LogP contribution in [0.15, 0.2) is 24.3 Å². The standard InChI is InChI=1S/C19H26N2O2/c22-19(23)10-4-2-1-3-7-12-21-13-11-16-15-8-5-6-9-17(15)20-18(16)14-21/h5-6,8-9,20H,1-4,7,10-14H2,(H,22,23). The number of nitrogens with zero attached hydrogens (tertiary/aromatic N) is 1. The van der Waals surface area contributed by atoms with Gasteiger partial charge in [0, 0.05) is 36.1 Å². The molecule has 0 fully saturated rings. The number of aromatic nitrogens is 1. The highest BCUT2D eigenvalue weighted by atomic mass is 16.4. The van der Waals surface area contributed by atoms with Crippen molar-refractivity contribution in [2.24, 2.45) is 0 Å². The van der Waals surface area contributed by atoms with Crippen molar-refractivity contribution in [1.29, 1.82) is 0 Å². The fraction of sp³-hybridized carbons (Fsp3) is 0.526. The Hall–Kier alpha value is -1.81. The molecule has 0 unspecified atom stereocenters. The summed E-state index contributed by atoms with van der Waals surface area (Å²) in [5, 5.41) is 10.00. The first kappa shape index (κ1) is 16.1. The van der Waals surface area contributed by atoms with Gasteiger partial charge in [-0.15, -0.1) is 0 Å². The first-order valence-electron chi connectivity index (χ1n) is 8.76. The fourth-order valence-corrected chi connectivity index (χ4v) is 3.58. The Morgan fingerprint density at radius 1 is 1.13 bits per heavy atom. The molecule has 0 saturated heterocycles. The van der Waals surface area contributed by atoms with Crippen molar-refractivity contribution in [1.82, 2.24) is 9.88 Å². The molecule has 0 atom stereocenters. The Kier molecular flexibility index (Phi) is 5.34. The van der Waals surface area contributed by atoms with E-state index in [0.717, 1.165) is 45.3 Å². The molecule has 0 radical (unpaired) electrons. The fourth-order valence-electron chi connectivity index (χ4n) is 3.58. The zero-order valence-electron chi connectivity index (χ0n) is 13.7. The van der Waals surface area contributed by atoms with Crippen molar-refractivity contribution in [2.75, 3.05) is 13.1 Å². The predicted octanol–water partition coefficient (Wildman–Crippen LogP) is 3.95. The lowest BCUT2D eigenvalue weighted by Crippen LogP contribution is -2.31. The highest BCUT2D eigenvalue weighted by Gasteiger charge is 2.19. The molecule has 1 aliphatic rings. The normalized spacial score (nSPS) is 15.0. The zero-order valence-corrected chi connectivity index (χ0v) is 13.7. The van der Waals surface area contributed by atoms with E-state index in [1.54, 1.807) is 0 Å². The van der Waals surface area contributed by atoms with E-state index in [9.17, 15) is 4.79 Å². The number of aliphatic carboxylic acids is 1. The van der Waals surface area contributed by atoms with Crippen LogP contribution >= 0.6 is 0 Å². The minimum atomic E-state index is -0.674. The highest BCUT2D eigenvalue weighted by molar-refractivity contribution is 5.84. The van der Waals surface area contributed by atoms with Gasteiger partial charge in [-0.1, -0.05) is 37.5 Å². The zero-order chi connectivity index (χ0) is 16.1. The Morgan fingerprint density at radius 3 is 2.78 bits per heavy atom. The summed E-state index contributed by atoms with van der Waals surface area (Å²) < 4.78 is 0. The van der Waals surface area contributed by atoms with Crippen molar-refractivity contribution in [3.63, 3.8) is 0 Å². The molecular formula is C19H26N2O2. The molecule has 124 valence electrons. The average Bonchev–Trinajstić information content (AvgIpc) is 2.91. The Labute approximate surface area is 137 Å². The Morgan fingerprint density at radius 2 is 1.91 bits per heavy atom. The summed E-state index contributed by atoms with van der Waals surface area (Å²) in [5.41, 5.74) is 4.15. The lowest BCUT2D eigenvalue weighted by molar-refractivity contribution is -0.137. The van der Waals surface area contributed by atoms with Crippen molar-refractivity contribution in [3.8, 4) is 0 Å². The molecule has 0 aliphatic carbocycles. The quantitative estimate of drug-likeness (QED) is 0.725. The van der Waals surface area contributed by atoms with Gasteiger partial charge in [0.2, 0.25) is 0 Å². The number of aromatic amines is 1. The number of hydrogen-bond donors (Lipinski definition) is 2. The van der Waals surface area contributed by atoms with Gasteiger partial charge in [-0.3, -0.25) is 9.69 Å². The second-order valence-electron chi connectivity index (χ2n) is 6.57. The molecule has 2 heterocycles. The number of fused-ring (bicyclic) bond motifs is 3. The number of H-pyrrole nitrogens is 1. The lowest BCUT2D eigenvalue weighted by Gasteiger charge is -2.26. The van der Waals surface area contributed by atoms with Crippen molar-refractivity contribution >= 4 is 16.9 Å². The van der Waals surface area contributed by atoms with Crippen LogP contribution in [-0.2, 0) is 17.8 Å². The second-order valence-corrected chi connectivity index (χ2v) is 6.57. The largest absolute Gasteiger partial charge is 0.481 e. The third-order valence-corrected chi connectivity index (χ3v) is 4.83. The second kappa shape index (κ2) is 7.64. The number of nitrogens with one attached hydrogen (secondary N) is 1. The summed E-state index contributed by atoms with van der Waals surface area (Å²) in [7, 11) is 0. The summed E-state index contributed by atoms with van der Waals surface area (Å²) in [4.78, 5) is 16.6. The minimum Gasteiger partial charge on any atom is -0.481 e. The number of para-hydroxylation sites is 1. The van der Waals surface area contributed by atoms with E-state index in [4.69, 9.17) is 5.11 Å². The van der Waals surface area contributed by atoms with Gasteiger partial charge in [0.1, 0.15) is 0 Å². The average molecular weight is 314 g/mol. The number of unbranched alkanes of at least 4 members (excludes halogenated alkanes) is 4. The van der Waals surface area contributed by atoms with Crippen LogP contribution in [0.2, 0.25) is 0 Å². The third kappa shape index (κ3) is 4.14. The molecule has 4 nitrogen and oxygen atoms in total. The first-order chi connectivity index (χ1) is 11.2. The van der Waals surface area contributed by atoms with Gasteiger partial charge < -0.3 is 10.1 Å². The van der Waals surface area contributed by atoms with Crippen molar-refractivity contribution < 1.29 is 9.90 Å². The van der Waals surface area contributed by atoms with E-state index >= 15 is 0 Å². The molecule has 1 aromatic carbocycles. The van der Waals surface area contributed by atoms with Gasteiger partial charge in [0.05, 0.1) is 0 Å². The van der Waals surface area contributed by atoms with Crippen molar-refractivity contribution in [3.05, 3.63) is 35.5 Å². The molecule has 0 saturated carbocycles. The summed E-state index contributed by atoms with van der Waals surface area (Å²) in [6.07, 6.45) is 6.88. The summed E-state index contributed by atoms with van der Waals surface area (Å²) >= 11 is 0. The van der Waals surface area contributed by atoms with Gasteiger partial charge in [-0.2, -0.15) is 0 Å². The number of carboxylic acid groups (broad SMARTS) is 1. The van der Waals surface area contributed by atoms with Crippen LogP contribution in [0.4, 0.5) is 0 Å². The molecule has 2 N–H and O–H groups in total. The van der Waals surface area contributed by atoms with Gasteiger partial charge >= 0.3 is 5.97 Å². The monoisotopic (exact) mass is 314 g/mol. The molecular weight excluding hydrogens is 288 g/mol. The molecule has 0 spiro atoms. The maximum absolute atomic E-state index is 10.5. The molecule has 3 rings (SSSR count). The molecule has 0 bridgehead atoms.